The third kappa shape index (κ3) is 1.87. The van der Waals surface area contributed by atoms with Gasteiger partial charge in [0.25, 0.3) is 0 Å². The fourth-order valence-electron chi connectivity index (χ4n) is 1.47. The van der Waals surface area contributed by atoms with Crippen molar-refractivity contribution in [1.29, 1.82) is 0 Å². The summed E-state index contributed by atoms with van der Waals surface area (Å²) in [6.45, 7) is 5.82. The van der Waals surface area contributed by atoms with E-state index in [-0.39, 0.29) is 10.9 Å². The molecule has 0 radical (unpaired) electrons. The second-order valence-electron chi connectivity index (χ2n) is 3.96. The molecule has 0 fully saturated rings. The van der Waals surface area contributed by atoms with Gasteiger partial charge in [-0.25, -0.2) is 4.39 Å². The lowest BCUT2D eigenvalue weighted by atomic mass is 10.2. The van der Waals surface area contributed by atoms with Gasteiger partial charge in [-0.05, 0) is 26.3 Å². The first kappa shape index (κ1) is 11.3. The maximum Gasteiger partial charge on any atom is 0.180 e. The highest BCUT2D eigenvalue weighted by Gasteiger charge is 2.17. The molecule has 2 aromatic rings. The first-order chi connectivity index (χ1) is 7.49. The van der Waals surface area contributed by atoms with Gasteiger partial charge in [-0.1, -0.05) is 0 Å². The average Bonchev–Trinajstić information content (AvgIpc) is 2.69. The van der Waals surface area contributed by atoms with Gasteiger partial charge >= 0.3 is 0 Å². The number of aromatic nitrogens is 2. The molecule has 0 spiro atoms. The zero-order chi connectivity index (χ0) is 11.9. The normalized spacial score (nSPS) is 11.4. The Hall–Kier alpha value is -1.23. The Morgan fingerprint density at radius 3 is 2.50 bits per heavy atom. The van der Waals surface area contributed by atoms with Gasteiger partial charge in [0.05, 0.1) is 4.88 Å². The molecule has 0 saturated heterocycles. The summed E-state index contributed by atoms with van der Waals surface area (Å²) < 4.78 is 28.1. The summed E-state index contributed by atoms with van der Waals surface area (Å²) >= 11 is 0.789. The summed E-state index contributed by atoms with van der Waals surface area (Å²) in [6.07, 6.45) is 1.84. The first-order valence-corrected chi connectivity index (χ1v) is 5.81. The third-order valence-electron chi connectivity index (χ3n) is 2.32. The fraction of sp³-hybridized carbons (Fsp3) is 0.364. The molecule has 16 heavy (non-hydrogen) atoms. The van der Waals surface area contributed by atoms with Crippen LogP contribution in [0.4, 0.5) is 8.78 Å². The molecule has 0 aliphatic heterocycles. The predicted octanol–water partition coefficient (Wildman–Crippen LogP) is 3.78. The second kappa shape index (κ2) is 3.97. The number of rotatable bonds is 2. The fourth-order valence-corrected chi connectivity index (χ4v) is 2.29. The van der Waals surface area contributed by atoms with Crippen molar-refractivity contribution in [2.45, 2.75) is 26.8 Å². The van der Waals surface area contributed by atoms with Gasteiger partial charge < -0.3 is 0 Å². The molecule has 0 atom stereocenters. The number of thiophene rings is 1. The molecule has 2 heterocycles. The maximum absolute atomic E-state index is 13.4. The number of hydrogen-bond acceptors (Lipinski definition) is 2. The topological polar surface area (TPSA) is 17.8 Å². The Balaban J connectivity index is 2.52. The summed E-state index contributed by atoms with van der Waals surface area (Å²) in [4.78, 5) is 0.273. The minimum atomic E-state index is -0.542. The first-order valence-electron chi connectivity index (χ1n) is 5.00. The zero-order valence-electron chi connectivity index (χ0n) is 9.29. The van der Waals surface area contributed by atoms with Crippen molar-refractivity contribution in [3.8, 4) is 10.6 Å². The zero-order valence-corrected chi connectivity index (χ0v) is 10.1. The van der Waals surface area contributed by atoms with Crippen molar-refractivity contribution in [1.82, 2.24) is 9.78 Å². The largest absolute Gasteiger partial charge is 0.269 e. The SMILES string of the molecule is Cc1cn(C(C)C)nc1-c1sc(F)cc1F. The van der Waals surface area contributed by atoms with E-state index >= 15 is 0 Å². The van der Waals surface area contributed by atoms with Gasteiger partial charge in [0.2, 0.25) is 0 Å². The molecule has 2 aromatic heterocycles. The van der Waals surface area contributed by atoms with Gasteiger partial charge in [0.15, 0.2) is 5.13 Å². The van der Waals surface area contributed by atoms with Crippen LogP contribution in [0.25, 0.3) is 10.6 Å². The molecule has 2 rings (SSSR count). The molecule has 0 bridgehead atoms. The molecule has 0 amide bonds. The van der Waals surface area contributed by atoms with E-state index in [1.165, 1.54) is 0 Å². The van der Waals surface area contributed by atoms with Crippen molar-refractivity contribution in [2.24, 2.45) is 0 Å². The molecule has 0 aromatic carbocycles. The van der Waals surface area contributed by atoms with E-state index in [4.69, 9.17) is 0 Å². The highest BCUT2D eigenvalue weighted by molar-refractivity contribution is 7.13. The van der Waals surface area contributed by atoms with Gasteiger partial charge in [-0.2, -0.15) is 9.49 Å². The molecule has 0 saturated carbocycles. The Morgan fingerprint density at radius 1 is 1.38 bits per heavy atom. The Bertz CT molecular complexity index is 514. The van der Waals surface area contributed by atoms with Crippen LogP contribution >= 0.6 is 11.3 Å². The van der Waals surface area contributed by atoms with Crippen LogP contribution in [-0.4, -0.2) is 9.78 Å². The second-order valence-corrected chi connectivity index (χ2v) is 4.96. The van der Waals surface area contributed by atoms with Crippen molar-refractivity contribution < 1.29 is 8.78 Å². The van der Waals surface area contributed by atoms with Gasteiger partial charge in [-0.15, -0.1) is 11.3 Å². The van der Waals surface area contributed by atoms with Crippen molar-refractivity contribution >= 4 is 11.3 Å². The average molecular weight is 242 g/mol. The minimum absolute atomic E-state index is 0.209. The van der Waals surface area contributed by atoms with Crippen LogP contribution in [0.3, 0.4) is 0 Å². The number of hydrogen-bond donors (Lipinski definition) is 0. The predicted molar refractivity (Wildman–Crippen MR) is 60.6 cm³/mol. The summed E-state index contributed by atoms with van der Waals surface area (Å²) in [5.74, 6) is -0.542. The number of halogens is 2. The van der Waals surface area contributed by atoms with E-state index in [1.54, 1.807) is 4.68 Å². The number of nitrogens with zero attached hydrogens (tertiary/aromatic N) is 2. The molecular weight excluding hydrogens is 230 g/mol. The summed E-state index contributed by atoms with van der Waals surface area (Å²) in [5.41, 5.74) is 1.38. The molecule has 2 nitrogen and oxygen atoms in total. The maximum atomic E-state index is 13.4. The van der Waals surface area contributed by atoms with Crippen LogP contribution in [-0.2, 0) is 0 Å². The molecule has 0 aliphatic carbocycles. The standard InChI is InChI=1S/C11H12F2N2S/c1-6(2)15-5-7(3)10(14-15)11-8(12)4-9(13)16-11/h4-6H,1-3H3. The van der Waals surface area contributed by atoms with Crippen molar-refractivity contribution in [3.63, 3.8) is 0 Å². The molecule has 0 aliphatic rings. The van der Waals surface area contributed by atoms with E-state index < -0.39 is 10.9 Å². The Kier molecular flexibility index (Phi) is 2.80. The van der Waals surface area contributed by atoms with Crippen LogP contribution in [0.15, 0.2) is 12.3 Å². The van der Waals surface area contributed by atoms with Crippen molar-refractivity contribution in [2.75, 3.05) is 0 Å². The summed E-state index contributed by atoms with van der Waals surface area (Å²) in [5, 5.41) is 3.75. The van der Waals surface area contributed by atoms with Crippen LogP contribution in [0.2, 0.25) is 0 Å². The van der Waals surface area contributed by atoms with E-state index in [1.807, 2.05) is 27.0 Å². The Morgan fingerprint density at radius 2 is 2.06 bits per heavy atom. The van der Waals surface area contributed by atoms with Crippen LogP contribution in [0, 0.1) is 17.9 Å². The van der Waals surface area contributed by atoms with Crippen LogP contribution in [0.1, 0.15) is 25.5 Å². The van der Waals surface area contributed by atoms with Crippen molar-refractivity contribution in [3.05, 3.63) is 28.8 Å². The third-order valence-corrected chi connectivity index (χ3v) is 3.22. The molecule has 5 heteroatoms. The van der Waals surface area contributed by atoms with E-state index in [0.29, 0.717) is 5.69 Å². The molecule has 0 N–H and O–H groups in total. The molecular formula is C11H12F2N2S. The van der Waals surface area contributed by atoms with Gasteiger partial charge in [0.1, 0.15) is 11.5 Å². The molecule has 0 unspecified atom stereocenters. The number of aryl methyl sites for hydroxylation is 1. The van der Waals surface area contributed by atoms with E-state index in [0.717, 1.165) is 23.0 Å². The molecule has 86 valence electrons. The van der Waals surface area contributed by atoms with Crippen LogP contribution in [0.5, 0.6) is 0 Å². The highest BCUT2D eigenvalue weighted by Crippen LogP contribution is 2.32. The minimum Gasteiger partial charge on any atom is -0.269 e. The van der Waals surface area contributed by atoms with Gasteiger partial charge in [-0.3, -0.25) is 4.68 Å². The smallest absolute Gasteiger partial charge is 0.180 e. The highest BCUT2D eigenvalue weighted by atomic mass is 32.1. The Labute approximate surface area is 96.5 Å². The lowest BCUT2D eigenvalue weighted by molar-refractivity contribution is 0.533. The van der Waals surface area contributed by atoms with E-state index in [2.05, 4.69) is 5.10 Å². The van der Waals surface area contributed by atoms with E-state index in [9.17, 15) is 8.78 Å². The quantitative estimate of drug-likeness (QED) is 0.783. The van der Waals surface area contributed by atoms with Crippen LogP contribution < -0.4 is 0 Å². The summed E-state index contributed by atoms with van der Waals surface area (Å²) in [6, 6.07) is 1.11. The summed E-state index contributed by atoms with van der Waals surface area (Å²) in [7, 11) is 0. The lowest BCUT2D eigenvalue weighted by Crippen LogP contribution is -2.00. The lowest BCUT2D eigenvalue weighted by Gasteiger charge is -2.03. The van der Waals surface area contributed by atoms with Gasteiger partial charge in [0, 0.05) is 18.3 Å². The monoisotopic (exact) mass is 242 g/mol.